The van der Waals surface area contributed by atoms with Crippen molar-refractivity contribution < 1.29 is 33.6 Å². The van der Waals surface area contributed by atoms with Crippen LogP contribution in [0.1, 0.15) is 104 Å². The van der Waals surface area contributed by atoms with Crippen molar-refractivity contribution in [3.63, 3.8) is 0 Å². The van der Waals surface area contributed by atoms with Crippen molar-refractivity contribution >= 4 is 40.4 Å². The number of carbonyl (C=O) groups is 2. The number of aliphatic hydroxyl groups excluding tert-OH is 1. The summed E-state index contributed by atoms with van der Waals surface area (Å²) in [4.78, 5) is 39.4. The largest absolute Gasteiger partial charge is 0.491 e. The summed E-state index contributed by atoms with van der Waals surface area (Å²) in [6.07, 6.45) is 13.5. The number of likely N-dealkylation sites (N-methyl/N-ethyl adjacent to an activating group) is 1. The number of hydrogen-bond donors (Lipinski definition) is 3. The van der Waals surface area contributed by atoms with Crippen molar-refractivity contribution in [3.05, 3.63) is 87.6 Å². The molecule has 4 bridgehead atoms. The molecule has 11 rings (SSSR count). The van der Waals surface area contributed by atoms with Crippen LogP contribution in [-0.4, -0.2) is 118 Å². The van der Waals surface area contributed by atoms with Gasteiger partial charge in [0.25, 0.3) is 0 Å². The summed E-state index contributed by atoms with van der Waals surface area (Å²) < 4.78 is 32.2. The number of nitrogens with zero attached hydrogens (tertiary/aromatic N) is 4. The highest BCUT2D eigenvalue weighted by Crippen LogP contribution is 2.74. The number of amides is 1. The Kier molecular flexibility index (Phi) is 11.4. The first-order valence-corrected chi connectivity index (χ1v) is 24.4. The zero-order valence-corrected chi connectivity index (χ0v) is 40.8. The van der Waals surface area contributed by atoms with Crippen molar-refractivity contribution in [1.82, 2.24) is 24.7 Å². The first kappa shape index (κ1) is 45.6. The van der Waals surface area contributed by atoms with Gasteiger partial charge in [0.05, 0.1) is 46.1 Å². The topological polar surface area (TPSA) is 140 Å². The molecule has 3 saturated carbocycles. The minimum Gasteiger partial charge on any atom is -0.491 e. The minimum absolute atomic E-state index is 0.0326. The molecule has 67 heavy (non-hydrogen) atoms. The molecule has 13 nitrogen and oxygen atoms in total. The molecule has 2 aromatic carbocycles. The number of ketones is 1. The number of imidazole rings is 1. The number of Topliss-reactive ketones (excluding diaryl/α,β-unsaturated/α-hetero) is 1. The lowest BCUT2D eigenvalue weighted by atomic mass is 9.47. The number of benzene rings is 2. The van der Waals surface area contributed by atoms with E-state index in [2.05, 4.69) is 111 Å². The Bertz CT molecular complexity index is 2690. The lowest BCUT2D eigenvalue weighted by molar-refractivity contribution is -0.181. The van der Waals surface area contributed by atoms with Crippen LogP contribution in [0.25, 0.3) is 22.8 Å². The summed E-state index contributed by atoms with van der Waals surface area (Å²) >= 11 is 0. The first-order valence-electron chi connectivity index (χ1n) is 24.4. The molecule has 1 spiro atoms. The fourth-order valence-corrected chi connectivity index (χ4v) is 12.3. The minimum atomic E-state index is -1.50. The number of para-hydroxylation sites is 2. The third-order valence-corrected chi connectivity index (χ3v) is 15.6. The SMILES string of the molecule is CC(C)=CCCC1(C)C=Cc2c(c(CC=C(C)C)c3c(c2OCCN2CCN(C)CC2)C2=C4C(C5CC6C(C)(C)OC(C/C=C(/C)C(=O)NCCO)(C5=O)C46O3)n3c(nc4ccccc43)N2)O1. The van der Waals surface area contributed by atoms with Gasteiger partial charge in [-0.3, -0.25) is 14.5 Å². The molecule has 0 radical (unpaired) electrons. The van der Waals surface area contributed by atoms with E-state index < -0.39 is 34.4 Å². The molecule has 5 aliphatic heterocycles. The maximum Gasteiger partial charge on any atom is 0.246 e. The van der Waals surface area contributed by atoms with E-state index in [1.54, 1.807) is 6.92 Å². The van der Waals surface area contributed by atoms with E-state index in [1.807, 2.05) is 24.3 Å². The number of anilines is 1. The Labute approximate surface area is 394 Å². The summed E-state index contributed by atoms with van der Waals surface area (Å²) in [7, 11) is 2.17. The fraction of sp³-hybridized carbons (Fsp3) is 0.537. The van der Waals surface area contributed by atoms with Crippen molar-refractivity contribution in [3.8, 4) is 17.2 Å². The van der Waals surface area contributed by atoms with E-state index >= 15 is 4.79 Å². The maximum absolute atomic E-state index is 16.0. The Balaban J connectivity index is 1.24. The third-order valence-electron chi connectivity index (χ3n) is 15.6. The molecule has 1 aromatic heterocycles. The molecule has 3 N–H and O–H groups in total. The van der Waals surface area contributed by atoms with E-state index in [1.165, 1.54) is 5.57 Å². The summed E-state index contributed by atoms with van der Waals surface area (Å²) in [5.74, 6) is 1.62. The summed E-state index contributed by atoms with van der Waals surface area (Å²) in [5.41, 5.74) is 4.75. The molecule has 5 fully saturated rings. The van der Waals surface area contributed by atoms with Crippen molar-refractivity contribution in [2.75, 3.05) is 64.8 Å². The lowest BCUT2D eigenvalue weighted by Crippen LogP contribution is -2.75. The standard InChI is InChI=1S/C54H68N6O7/c1-32(2)13-12-20-52(8)21-19-36-45(65-52)35(17-16-33(3)4)47-41(46(36)64-30-28-59-26-24-58(9)25-27-59)43-42-44(60-39-15-11-10-14-38(39)56-50(60)57-43)37-31-40-51(6,7)67-53(48(37)62,54(40,42)66-47)22-18-34(5)49(63)55-23-29-61/h10-11,13-16,18-19,21,37,40,44,61H,12,17,20,22-31H2,1-9H3,(H,55,63)(H,56,57)/b34-18-. The van der Waals surface area contributed by atoms with Crippen LogP contribution in [-0.2, 0) is 20.7 Å². The monoisotopic (exact) mass is 913 g/mol. The number of nitrogens with one attached hydrogen (secondary N) is 2. The predicted octanol–water partition coefficient (Wildman–Crippen LogP) is 7.80. The van der Waals surface area contributed by atoms with Crippen molar-refractivity contribution in [1.29, 1.82) is 0 Å². The van der Waals surface area contributed by atoms with E-state index in [0.29, 0.717) is 42.5 Å². The fourth-order valence-electron chi connectivity index (χ4n) is 12.3. The average molecular weight is 913 g/mol. The number of hydrogen-bond acceptors (Lipinski definition) is 11. The van der Waals surface area contributed by atoms with Crippen LogP contribution in [0, 0.1) is 11.8 Å². The van der Waals surface area contributed by atoms with Crippen molar-refractivity contribution in [2.45, 2.75) is 116 Å². The normalized spacial score (nSPS) is 28.7. The number of rotatable bonds is 14. The van der Waals surface area contributed by atoms with Crippen molar-refractivity contribution in [2.24, 2.45) is 11.8 Å². The van der Waals surface area contributed by atoms with Crippen LogP contribution >= 0.6 is 0 Å². The van der Waals surface area contributed by atoms with Gasteiger partial charge in [-0.15, -0.1) is 0 Å². The smallest absolute Gasteiger partial charge is 0.246 e. The molecule has 6 heterocycles. The molecule has 13 heteroatoms. The van der Waals surface area contributed by atoms with Gasteiger partial charge in [0.2, 0.25) is 11.9 Å². The predicted molar refractivity (Wildman–Crippen MR) is 261 cm³/mol. The molecule has 3 aliphatic carbocycles. The number of aliphatic hydroxyl groups is 1. The second-order valence-corrected chi connectivity index (χ2v) is 21.2. The number of carbonyl (C=O) groups excluding carboxylic acids is 2. The zero-order valence-electron chi connectivity index (χ0n) is 40.8. The van der Waals surface area contributed by atoms with Gasteiger partial charge in [0.15, 0.2) is 17.0 Å². The first-order chi connectivity index (χ1) is 32.0. The van der Waals surface area contributed by atoms with Gasteiger partial charge in [-0.1, -0.05) is 41.5 Å². The van der Waals surface area contributed by atoms with E-state index in [4.69, 9.17) is 23.9 Å². The average Bonchev–Trinajstić information content (AvgIpc) is 3.73. The molecule has 2 saturated heterocycles. The highest BCUT2D eigenvalue weighted by Gasteiger charge is 2.84. The Hall–Kier alpha value is -5.21. The van der Waals surface area contributed by atoms with Crippen LogP contribution in [0.3, 0.4) is 0 Å². The number of piperazine rings is 1. The van der Waals surface area contributed by atoms with Crippen LogP contribution in [0.4, 0.5) is 5.95 Å². The second kappa shape index (κ2) is 16.8. The Morgan fingerprint density at radius 1 is 1.01 bits per heavy atom. The van der Waals surface area contributed by atoms with Gasteiger partial charge in [-0.25, -0.2) is 4.98 Å². The third kappa shape index (κ3) is 7.20. The number of fused-ring (bicyclic) bond motifs is 6. The van der Waals surface area contributed by atoms with Gasteiger partial charge in [-0.2, -0.15) is 0 Å². The molecule has 356 valence electrons. The lowest BCUT2D eigenvalue weighted by Gasteiger charge is -2.62. The summed E-state index contributed by atoms with van der Waals surface area (Å²) in [5, 5.41) is 16.2. The molecule has 6 unspecified atom stereocenters. The maximum atomic E-state index is 16.0. The van der Waals surface area contributed by atoms with Crippen LogP contribution in [0.15, 0.2) is 70.9 Å². The summed E-state index contributed by atoms with van der Waals surface area (Å²) in [6.45, 7) is 21.6. The second-order valence-electron chi connectivity index (χ2n) is 21.2. The molecule has 8 aliphatic rings. The Morgan fingerprint density at radius 2 is 1.78 bits per heavy atom. The van der Waals surface area contributed by atoms with Crippen LogP contribution in [0.2, 0.25) is 0 Å². The number of aromatic nitrogens is 2. The zero-order chi connectivity index (χ0) is 47.2. The molecule has 3 aromatic rings. The van der Waals surface area contributed by atoms with E-state index in [-0.39, 0.29) is 37.2 Å². The van der Waals surface area contributed by atoms with Gasteiger partial charge in [-0.05, 0) is 112 Å². The van der Waals surface area contributed by atoms with Gasteiger partial charge >= 0.3 is 0 Å². The molecular weight excluding hydrogens is 845 g/mol. The van der Waals surface area contributed by atoms with E-state index in [9.17, 15) is 9.90 Å². The highest BCUT2D eigenvalue weighted by atomic mass is 16.6. The number of allylic oxidation sites excluding steroid dienone is 4. The number of ether oxygens (including phenoxy) is 4. The molecule has 6 atom stereocenters. The van der Waals surface area contributed by atoms with Crippen LogP contribution < -0.4 is 24.8 Å². The van der Waals surface area contributed by atoms with Crippen LogP contribution in [0.5, 0.6) is 17.2 Å². The van der Waals surface area contributed by atoms with Gasteiger partial charge < -0.3 is 44.2 Å². The molecular formula is C54H68N6O7. The highest BCUT2D eigenvalue weighted by molar-refractivity contribution is 6.04. The van der Waals surface area contributed by atoms with Gasteiger partial charge in [0, 0.05) is 74.2 Å². The summed E-state index contributed by atoms with van der Waals surface area (Å²) in [6, 6.07) is 7.69. The molecule has 1 amide bonds. The quantitative estimate of drug-likeness (QED) is 0.108. The van der Waals surface area contributed by atoms with E-state index in [0.717, 1.165) is 95.9 Å². The Morgan fingerprint density at radius 3 is 2.52 bits per heavy atom. The van der Waals surface area contributed by atoms with Gasteiger partial charge in [0.1, 0.15) is 29.5 Å².